The first-order valence-corrected chi connectivity index (χ1v) is 8.53. The highest BCUT2D eigenvalue weighted by Crippen LogP contribution is 2.22. The molecule has 0 fully saturated rings. The summed E-state index contributed by atoms with van der Waals surface area (Å²) in [6.07, 6.45) is 0. The summed E-state index contributed by atoms with van der Waals surface area (Å²) in [5, 5.41) is 8.66. The Hall–Kier alpha value is -3.17. The van der Waals surface area contributed by atoms with E-state index in [-0.39, 0.29) is 16.4 Å². The second-order valence-corrected chi connectivity index (χ2v) is 6.45. The standard InChI is InChI=1S/C16H13N3O5S/c20-16(17-12-7-4-8-13(9-12)25(21,22)23)18-15-10-14(24-19-15)11-5-2-1-3-6-11/h1-10H,(H,21,22,23)(H2,17,18,19,20). The minimum atomic E-state index is -4.35. The van der Waals surface area contributed by atoms with Crippen molar-refractivity contribution in [2.24, 2.45) is 0 Å². The van der Waals surface area contributed by atoms with Gasteiger partial charge in [0.2, 0.25) is 0 Å². The Morgan fingerprint density at radius 3 is 2.48 bits per heavy atom. The van der Waals surface area contributed by atoms with Crippen LogP contribution in [0.5, 0.6) is 0 Å². The lowest BCUT2D eigenvalue weighted by atomic mass is 10.2. The number of aromatic nitrogens is 1. The number of carbonyl (C=O) groups is 1. The molecule has 2 aromatic carbocycles. The maximum Gasteiger partial charge on any atom is 0.324 e. The lowest BCUT2D eigenvalue weighted by Crippen LogP contribution is -2.19. The Bertz CT molecular complexity index is 999. The van der Waals surface area contributed by atoms with E-state index in [9.17, 15) is 13.2 Å². The summed E-state index contributed by atoms with van der Waals surface area (Å²) in [4.78, 5) is 11.7. The topological polar surface area (TPSA) is 122 Å². The van der Waals surface area contributed by atoms with Crippen molar-refractivity contribution in [1.82, 2.24) is 5.16 Å². The van der Waals surface area contributed by atoms with Gasteiger partial charge in [0.1, 0.15) is 0 Å². The molecule has 0 atom stereocenters. The van der Waals surface area contributed by atoms with Gasteiger partial charge in [-0.1, -0.05) is 41.6 Å². The first-order chi connectivity index (χ1) is 11.9. The van der Waals surface area contributed by atoms with Gasteiger partial charge < -0.3 is 9.84 Å². The molecule has 0 saturated carbocycles. The molecule has 0 saturated heterocycles. The first-order valence-electron chi connectivity index (χ1n) is 7.09. The van der Waals surface area contributed by atoms with Gasteiger partial charge in [-0.15, -0.1) is 0 Å². The number of hydrogen-bond acceptors (Lipinski definition) is 5. The van der Waals surface area contributed by atoms with Crippen molar-refractivity contribution in [3.8, 4) is 11.3 Å². The average Bonchev–Trinajstić information content (AvgIpc) is 3.03. The van der Waals surface area contributed by atoms with Crippen LogP contribution < -0.4 is 10.6 Å². The molecular formula is C16H13N3O5S. The second-order valence-electron chi connectivity index (χ2n) is 5.02. The fourth-order valence-corrected chi connectivity index (χ4v) is 2.61. The lowest BCUT2D eigenvalue weighted by Gasteiger charge is -2.06. The summed E-state index contributed by atoms with van der Waals surface area (Å²) in [6.45, 7) is 0. The van der Waals surface area contributed by atoms with Crippen LogP contribution in [0.25, 0.3) is 11.3 Å². The van der Waals surface area contributed by atoms with Crippen LogP contribution in [0.15, 0.2) is 70.1 Å². The number of urea groups is 1. The number of benzene rings is 2. The van der Waals surface area contributed by atoms with E-state index in [2.05, 4.69) is 15.8 Å². The van der Waals surface area contributed by atoms with Gasteiger partial charge in [-0.05, 0) is 18.2 Å². The SMILES string of the molecule is O=C(Nc1cccc(S(=O)(=O)O)c1)Nc1cc(-c2ccccc2)on1. The molecule has 8 nitrogen and oxygen atoms in total. The molecule has 0 aliphatic heterocycles. The van der Waals surface area contributed by atoms with E-state index in [1.54, 1.807) is 6.07 Å². The lowest BCUT2D eigenvalue weighted by molar-refractivity contribution is 0.262. The molecule has 3 N–H and O–H groups in total. The van der Waals surface area contributed by atoms with Crippen LogP contribution in [0.3, 0.4) is 0 Å². The molecule has 3 rings (SSSR count). The summed E-state index contributed by atoms with van der Waals surface area (Å²) in [7, 11) is -4.35. The fraction of sp³-hybridized carbons (Fsp3) is 0. The number of anilines is 2. The Balaban J connectivity index is 1.69. The van der Waals surface area contributed by atoms with Crippen LogP contribution in [-0.2, 0) is 10.1 Å². The molecule has 0 radical (unpaired) electrons. The smallest absolute Gasteiger partial charge is 0.324 e. The summed E-state index contributed by atoms with van der Waals surface area (Å²) < 4.78 is 36.4. The third-order valence-corrected chi connectivity index (χ3v) is 4.05. The van der Waals surface area contributed by atoms with Crippen LogP contribution >= 0.6 is 0 Å². The fourth-order valence-electron chi connectivity index (χ4n) is 2.09. The van der Waals surface area contributed by atoms with E-state index < -0.39 is 16.1 Å². The van der Waals surface area contributed by atoms with Gasteiger partial charge in [0.25, 0.3) is 10.1 Å². The van der Waals surface area contributed by atoms with Gasteiger partial charge in [-0.2, -0.15) is 8.42 Å². The maximum atomic E-state index is 12.0. The summed E-state index contributed by atoms with van der Waals surface area (Å²) in [5.74, 6) is 0.687. The number of hydrogen-bond donors (Lipinski definition) is 3. The van der Waals surface area contributed by atoms with Gasteiger partial charge in [0, 0.05) is 17.3 Å². The van der Waals surface area contributed by atoms with E-state index >= 15 is 0 Å². The van der Waals surface area contributed by atoms with Gasteiger partial charge in [-0.3, -0.25) is 9.87 Å². The number of nitrogens with one attached hydrogen (secondary N) is 2. The Morgan fingerprint density at radius 2 is 1.76 bits per heavy atom. The predicted octanol–water partition coefficient (Wildman–Crippen LogP) is 3.23. The summed E-state index contributed by atoms with van der Waals surface area (Å²) in [6, 6.07) is 15.4. The molecule has 2 amide bonds. The second kappa shape index (κ2) is 6.75. The van der Waals surface area contributed by atoms with Crippen LogP contribution in [0.4, 0.5) is 16.3 Å². The zero-order valence-electron chi connectivity index (χ0n) is 12.7. The van der Waals surface area contributed by atoms with Crippen molar-refractivity contribution < 1.29 is 22.3 Å². The van der Waals surface area contributed by atoms with E-state index in [0.29, 0.717) is 5.76 Å². The van der Waals surface area contributed by atoms with Gasteiger partial charge in [0.05, 0.1) is 4.90 Å². The van der Waals surface area contributed by atoms with Crippen LogP contribution in [0.1, 0.15) is 0 Å². The molecular weight excluding hydrogens is 346 g/mol. The third kappa shape index (κ3) is 4.22. The van der Waals surface area contributed by atoms with Gasteiger partial charge >= 0.3 is 6.03 Å². The highest BCUT2D eigenvalue weighted by molar-refractivity contribution is 7.85. The molecule has 9 heteroatoms. The predicted molar refractivity (Wildman–Crippen MR) is 90.8 cm³/mol. The molecule has 1 aromatic heterocycles. The number of carbonyl (C=O) groups excluding carboxylic acids is 1. The van der Waals surface area contributed by atoms with E-state index in [0.717, 1.165) is 11.6 Å². The highest BCUT2D eigenvalue weighted by Gasteiger charge is 2.12. The van der Waals surface area contributed by atoms with Crippen LogP contribution in [0.2, 0.25) is 0 Å². The molecule has 128 valence electrons. The van der Waals surface area contributed by atoms with Crippen molar-refractivity contribution in [1.29, 1.82) is 0 Å². The van der Waals surface area contributed by atoms with E-state index in [4.69, 9.17) is 9.08 Å². The van der Waals surface area contributed by atoms with E-state index in [1.165, 1.54) is 18.2 Å². The van der Waals surface area contributed by atoms with Crippen LogP contribution in [0, 0.1) is 0 Å². The van der Waals surface area contributed by atoms with Crippen molar-refractivity contribution in [2.45, 2.75) is 4.90 Å². The number of nitrogens with zero attached hydrogens (tertiary/aromatic N) is 1. The van der Waals surface area contributed by atoms with Crippen molar-refractivity contribution in [2.75, 3.05) is 10.6 Å². The quantitative estimate of drug-likeness (QED) is 0.615. The molecule has 3 aromatic rings. The minimum Gasteiger partial charge on any atom is -0.354 e. The van der Waals surface area contributed by atoms with Crippen molar-refractivity contribution in [3.63, 3.8) is 0 Å². The van der Waals surface area contributed by atoms with Crippen molar-refractivity contribution in [3.05, 3.63) is 60.7 Å². The Morgan fingerprint density at radius 1 is 1.00 bits per heavy atom. The monoisotopic (exact) mass is 359 g/mol. The summed E-state index contributed by atoms with van der Waals surface area (Å²) in [5.41, 5.74) is 1.00. The maximum absolute atomic E-state index is 12.0. The van der Waals surface area contributed by atoms with Crippen LogP contribution in [-0.4, -0.2) is 24.2 Å². The Kier molecular flexibility index (Phi) is 4.50. The number of rotatable bonds is 4. The molecule has 1 heterocycles. The molecule has 0 unspecified atom stereocenters. The average molecular weight is 359 g/mol. The Labute approximate surface area is 143 Å². The zero-order chi connectivity index (χ0) is 17.9. The molecule has 25 heavy (non-hydrogen) atoms. The first kappa shape index (κ1) is 16.7. The molecule has 0 aliphatic rings. The molecule has 0 bridgehead atoms. The summed E-state index contributed by atoms with van der Waals surface area (Å²) >= 11 is 0. The van der Waals surface area contributed by atoms with Gasteiger partial charge in [-0.25, -0.2) is 4.79 Å². The molecule has 0 aliphatic carbocycles. The third-order valence-electron chi connectivity index (χ3n) is 3.20. The molecule has 0 spiro atoms. The van der Waals surface area contributed by atoms with Crippen molar-refractivity contribution >= 4 is 27.7 Å². The highest BCUT2D eigenvalue weighted by atomic mass is 32.2. The normalized spacial score (nSPS) is 11.1. The number of amides is 2. The zero-order valence-corrected chi connectivity index (χ0v) is 13.5. The van der Waals surface area contributed by atoms with Gasteiger partial charge in [0.15, 0.2) is 11.6 Å². The largest absolute Gasteiger partial charge is 0.354 e. The minimum absolute atomic E-state index is 0.194. The van der Waals surface area contributed by atoms with E-state index in [1.807, 2.05) is 30.3 Å².